The fourth-order valence-electron chi connectivity index (χ4n) is 1.80. The number of rotatable bonds is 3. The second kappa shape index (κ2) is 4.41. The summed E-state index contributed by atoms with van der Waals surface area (Å²) in [6.07, 6.45) is 0.677. The number of carboxylic acids is 1. The Morgan fingerprint density at radius 1 is 1.35 bits per heavy atom. The van der Waals surface area contributed by atoms with Crippen LogP contribution in [-0.2, 0) is 17.6 Å². The Balaban J connectivity index is 2.70. The number of aryl methyl sites for hydroxylation is 1. The van der Waals surface area contributed by atoms with E-state index in [-0.39, 0.29) is 6.42 Å². The number of aliphatic carboxylic acids is 1. The van der Waals surface area contributed by atoms with Gasteiger partial charge >= 0.3 is 11.6 Å². The Kier molecular flexibility index (Phi) is 2.95. The molecule has 1 aromatic heterocycles. The third-order valence-corrected chi connectivity index (χ3v) is 2.64. The maximum Gasteiger partial charge on any atom is 0.336 e. The van der Waals surface area contributed by atoms with Crippen LogP contribution in [0.1, 0.15) is 18.1 Å². The van der Waals surface area contributed by atoms with E-state index in [1.54, 1.807) is 6.07 Å². The number of hydrogen-bond acceptors (Lipinski definition) is 3. The van der Waals surface area contributed by atoms with Crippen LogP contribution in [0.2, 0.25) is 0 Å². The first-order valence-electron chi connectivity index (χ1n) is 5.37. The fourth-order valence-corrected chi connectivity index (χ4v) is 1.80. The van der Waals surface area contributed by atoms with E-state index in [1.165, 1.54) is 6.07 Å². The molecule has 0 saturated heterocycles. The molecule has 0 saturated carbocycles. The first kappa shape index (κ1) is 11.4. The molecule has 4 nitrogen and oxygen atoms in total. The molecule has 0 aliphatic carbocycles. The highest BCUT2D eigenvalue weighted by Gasteiger charge is 2.09. The topological polar surface area (TPSA) is 67.5 Å². The maximum absolute atomic E-state index is 11.3. The average molecular weight is 232 g/mol. The van der Waals surface area contributed by atoms with Crippen molar-refractivity contribution in [2.24, 2.45) is 0 Å². The molecule has 0 aliphatic heterocycles. The Hall–Kier alpha value is -2.10. The average Bonchev–Trinajstić information content (AvgIpc) is 2.27. The minimum absolute atomic E-state index is 0.171. The monoisotopic (exact) mass is 232 g/mol. The van der Waals surface area contributed by atoms with Crippen LogP contribution < -0.4 is 5.63 Å². The van der Waals surface area contributed by atoms with Crippen LogP contribution in [0.15, 0.2) is 33.5 Å². The van der Waals surface area contributed by atoms with E-state index in [4.69, 9.17) is 9.52 Å². The summed E-state index contributed by atoms with van der Waals surface area (Å²) in [6, 6.07) is 6.70. The molecular weight excluding hydrogens is 220 g/mol. The standard InChI is InChI=1S/C13H12O4/c1-2-8-3-4-11-10(5-8)9(6-12(14)15)7-13(16)17-11/h3-5,7H,2,6H2,1H3,(H,14,15). The summed E-state index contributed by atoms with van der Waals surface area (Å²) in [7, 11) is 0. The zero-order valence-corrected chi connectivity index (χ0v) is 9.40. The van der Waals surface area contributed by atoms with Crippen molar-refractivity contribution >= 4 is 16.9 Å². The fraction of sp³-hybridized carbons (Fsp3) is 0.231. The predicted octanol–water partition coefficient (Wildman–Crippen LogP) is 1.98. The lowest BCUT2D eigenvalue weighted by Gasteiger charge is -2.04. The molecule has 2 aromatic rings. The molecule has 0 amide bonds. The Labute approximate surface area is 97.5 Å². The van der Waals surface area contributed by atoms with Crippen LogP contribution in [0.5, 0.6) is 0 Å². The number of hydrogen-bond donors (Lipinski definition) is 1. The Bertz CT molecular complexity index is 625. The summed E-state index contributed by atoms with van der Waals surface area (Å²) in [6.45, 7) is 2.01. The van der Waals surface area contributed by atoms with Crippen molar-refractivity contribution in [3.05, 3.63) is 45.8 Å². The highest BCUT2D eigenvalue weighted by molar-refractivity contribution is 5.85. The third kappa shape index (κ3) is 2.36. The summed E-state index contributed by atoms with van der Waals surface area (Å²) in [5.41, 5.74) is 1.50. The van der Waals surface area contributed by atoms with Gasteiger partial charge in [0.1, 0.15) is 5.58 Å². The second-order valence-corrected chi connectivity index (χ2v) is 3.85. The molecule has 2 rings (SSSR count). The molecule has 4 heteroatoms. The van der Waals surface area contributed by atoms with E-state index < -0.39 is 11.6 Å². The van der Waals surface area contributed by atoms with Gasteiger partial charge in [-0.2, -0.15) is 0 Å². The first-order valence-corrected chi connectivity index (χ1v) is 5.37. The predicted molar refractivity (Wildman–Crippen MR) is 63.2 cm³/mol. The molecule has 0 spiro atoms. The van der Waals surface area contributed by atoms with Crippen molar-refractivity contribution in [2.45, 2.75) is 19.8 Å². The van der Waals surface area contributed by atoms with Crippen LogP contribution in [0, 0.1) is 0 Å². The highest BCUT2D eigenvalue weighted by Crippen LogP contribution is 2.19. The van der Waals surface area contributed by atoms with Crippen molar-refractivity contribution in [3.63, 3.8) is 0 Å². The van der Waals surface area contributed by atoms with Gasteiger partial charge in [0.15, 0.2) is 0 Å². The van der Waals surface area contributed by atoms with Gasteiger partial charge in [0, 0.05) is 11.5 Å². The molecule has 88 valence electrons. The zero-order valence-electron chi connectivity index (χ0n) is 9.40. The van der Waals surface area contributed by atoms with Crippen LogP contribution >= 0.6 is 0 Å². The number of carboxylic acid groups (broad SMARTS) is 1. The van der Waals surface area contributed by atoms with Crippen LogP contribution in [0.4, 0.5) is 0 Å². The van der Waals surface area contributed by atoms with E-state index in [0.717, 1.165) is 12.0 Å². The van der Waals surface area contributed by atoms with Crippen molar-refractivity contribution in [3.8, 4) is 0 Å². The molecule has 17 heavy (non-hydrogen) atoms. The zero-order chi connectivity index (χ0) is 12.4. The largest absolute Gasteiger partial charge is 0.481 e. The van der Waals surface area contributed by atoms with Gasteiger partial charge < -0.3 is 9.52 Å². The van der Waals surface area contributed by atoms with Crippen LogP contribution in [-0.4, -0.2) is 11.1 Å². The Morgan fingerprint density at radius 3 is 2.76 bits per heavy atom. The smallest absolute Gasteiger partial charge is 0.336 e. The Morgan fingerprint density at radius 2 is 2.12 bits per heavy atom. The van der Waals surface area contributed by atoms with E-state index in [1.807, 2.05) is 19.1 Å². The van der Waals surface area contributed by atoms with Crippen molar-refractivity contribution in [1.29, 1.82) is 0 Å². The lowest BCUT2D eigenvalue weighted by Crippen LogP contribution is -2.06. The molecule has 0 atom stereocenters. The molecule has 0 aliphatic rings. The highest BCUT2D eigenvalue weighted by atomic mass is 16.4. The molecule has 0 unspecified atom stereocenters. The third-order valence-electron chi connectivity index (χ3n) is 2.64. The molecule has 1 heterocycles. The molecule has 0 radical (unpaired) electrons. The summed E-state index contributed by atoms with van der Waals surface area (Å²) < 4.78 is 5.03. The summed E-state index contributed by atoms with van der Waals surface area (Å²) in [5.74, 6) is -0.959. The first-order chi connectivity index (χ1) is 8.10. The number of fused-ring (bicyclic) bond motifs is 1. The SMILES string of the molecule is CCc1ccc2oc(=O)cc(CC(=O)O)c2c1. The van der Waals surface area contributed by atoms with Gasteiger partial charge in [-0.3, -0.25) is 4.79 Å². The molecule has 1 aromatic carbocycles. The van der Waals surface area contributed by atoms with Gasteiger partial charge in [0.05, 0.1) is 6.42 Å². The number of benzene rings is 1. The lowest BCUT2D eigenvalue weighted by atomic mass is 10.0. The molecule has 0 bridgehead atoms. The maximum atomic E-state index is 11.3. The van der Waals surface area contributed by atoms with Crippen molar-refractivity contribution in [2.75, 3.05) is 0 Å². The second-order valence-electron chi connectivity index (χ2n) is 3.85. The minimum atomic E-state index is -0.959. The van der Waals surface area contributed by atoms with Gasteiger partial charge in [-0.15, -0.1) is 0 Å². The molecule has 1 N–H and O–H groups in total. The molecule has 0 fully saturated rings. The van der Waals surface area contributed by atoms with Gasteiger partial charge in [-0.1, -0.05) is 13.0 Å². The van der Waals surface area contributed by atoms with Gasteiger partial charge in [-0.05, 0) is 29.7 Å². The summed E-state index contributed by atoms with van der Waals surface area (Å²) >= 11 is 0. The van der Waals surface area contributed by atoms with Crippen molar-refractivity contribution in [1.82, 2.24) is 0 Å². The minimum Gasteiger partial charge on any atom is -0.481 e. The van der Waals surface area contributed by atoms with Gasteiger partial charge in [0.2, 0.25) is 0 Å². The summed E-state index contributed by atoms with van der Waals surface area (Å²) in [4.78, 5) is 22.0. The van der Waals surface area contributed by atoms with Gasteiger partial charge in [-0.25, -0.2) is 4.79 Å². The van der Waals surface area contributed by atoms with E-state index in [9.17, 15) is 9.59 Å². The van der Waals surface area contributed by atoms with E-state index in [0.29, 0.717) is 16.5 Å². The molecular formula is C13H12O4. The van der Waals surface area contributed by atoms with Crippen LogP contribution in [0.25, 0.3) is 11.0 Å². The summed E-state index contributed by atoms with van der Waals surface area (Å²) in [5, 5.41) is 9.51. The quantitative estimate of drug-likeness (QED) is 0.821. The normalized spacial score (nSPS) is 10.6. The van der Waals surface area contributed by atoms with E-state index in [2.05, 4.69) is 0 Å². The van der Waals surface area contributed by atoms with Gasteiger partial charge in [0.25, 0.3) is 0 Å². The van der Waals surface area contributed by atoms with E-state index >= 15 is 0 Å². The number of carbonyl (C=O) groups is 1. The lowest BCUT2D eigenvalue weighted by molar-refractivity contribution is -0.136. The van der Waals surface area contributed by atoms with Crippen molar-refractivity contribution < 1.29 is 14.3 Å². The van der Waals surface area contributed by atoms with Crippen LogP contribution in [0.3, 0.4) is 0 Å².